The van der Waals surface area contributed by atoms with E-state index in [-0.39, 0.29) is 11.2 Å². The number of hydrogen-bond donors (Lipinski definition) is 1. The van der Waals surface area contributed by atoms with Gasteiger partial charge in [0.05, 0.1) is 6.20 Å². The Kier molecular flexibility index (Phi) is 4.68. The van der Waals surface area contributed by atoms with Crippen molar-refractivity contribution in [1.29, 1.82) is 0 Å². The molecular formula is C14H24FN3. The Morgan fingerprint density at radius 3 is 2.56 bits per heavy atom. The molecule has 1 unspecified atom stereocenters. The van der Waals surface area contributed by atoms with Gasteiger partial charge in [0.15, 0.2) is 0 Å². The minimum atomic E-state index is -0.291. The van der Waals surface area contributed by atoms with Crippen LogP contribution in [0.25, 0.3) is 0 Å². The van der Waals surface area contributed by atoms with E-state index in [9.17, 15) is 4.39 Å². The molecule has 0 bridgehead atoms. The molecule has 18 heavy (non-hydrogen) atoms. The maximum absolute atomic E-state index is 13.3. The van der Waals surface area contributed by atoms with Crippen molar-refractivity contribution in [2.75, 3.05) is 19.0 Å². The van der Waals surface area contributed by atoms with Gasteiger partial charge in [-0.15, -0.1) is 0 Å². The highest BCUT2D eigenvalue weighted by molar-refractivity contribution is 5.47. The standard InChI is InChI=1S/C14H24FN3/c1-10(14(2,3)4)18(6)13-11(8-16-5)7-12(15)9-17-13/h7,9-10,16H,8H2,1-6H3. The van der Waals surface area contributed by atoms with Crippen molar-refractivity contribution >= 4 is 5.82 Å². The molecule has 0 aliphatic heterocycles. The van der Waals surface area contributed by atoms with E-state index in [4.69, 9.17) is 0 Å². The first kappa shape index (κ1) is 14.9. The van der Waals surface area contributed by atoms with Crippen molar-refractivity contribution in [1.82, 2.24) is 10.3 Å². The predicted octanol–water partition coefficient (Wildman–Crippen LogP) is 2.81. The number of pyridine rings is 1. The van der Waals surface area contributed by atoms with Crippen LogP contribution in [0.15, 0.2) is 12.3 Å². The van der Waals surface area contributed by atoms with Gasteiger partial charge in [-0.25, -0.2) is 9.37 Å². The third-order valence-corrected chi connectivity index (χ3v) is 3.45. The van der Waals surface area contributed by atoms with Crippen LogP contribution in [0.1, 0.15) is 33.3 Å². The maximum Gasteiger partial charge on any atom is 0.141 e. The molecule has 1 heterocycles. The van der Waals surface area contributed by atoms with Gasteiger partial charge in [-0.1, -0.05) is 20.8 Å². The van der Waals surface area contributed by atoms with Gasteiger partial charge in [0.1, 0.15) is 11.6 Å². The zero-order valence-corrected chi connectivity index (χ0v) is 12.2. The van der Waals surface area contributed by atoms with Crippen molar-refractivity contribution in [2.45, 2.75) is 40.3 Å². The van der Waals surface area contributed by atoms with E-state index in [1.807, 2.05) is 14.1 Å². The molecule has 0 spiro atoms. The van der Waals surface area contributed by atoms with Crippen LogP contribution in [0.3, 0.4) is 0 Å². The normalized spacial score (nSPS) is 13.5. The second-order valence-electron chi connectivity index (χ2n) is 5.82. The first-order chi connectivity index (χ1) is 8.27. The fraction of sp³-hybridized carbons (Fsp3) is 0.643. The van der Waals surface area contributed by atoms with E-state index < -0.39 is 0 Å². The Morgan fingerprint density at radius 2 is 2.06 bits per heavy atom. The second-order valence-corrected chi connectivity index (χ2v) is 5.82. The average molecular weight is 253 g/mol. The van der Waals surface area contributed by atoms with Gasteiger partial charge in [0.2, 0.25) is 0 Å². The van der Waals surface area contributed by atoms with Crippen LogP contribution in [-0.2, 0) is 6.54 Å². The van der Waals surface area contributed by atoms with Gasteiger partial charge in [0, 0.05) is 25.2 Å². The average Bonchev–Trinajstić information content (AvgIpc) is 2.26. The number of rotatable bonds is 4. The number of halogens is 1. The minimum Gasteiger partial charge on any atom is -0.356 e. The summed E-state index contributed by atoms with van der Waals surface area (Å²) >= 11 is 0. The topological polar surface area (TPSA) is 28.2 Å². The maximum atomic E-state index is 13.3. The van der Waals surface area contributed by atoms with Crippen molar-refractivity contribution in [3.63, 3.8) is 0 Å². The van der Waals surface area contributed by atoms with Crippen LogP contribution in [0, 0.1) is 11.2 Å². The van der Waals surface area contributed by atoms with Crippen LogP contribution >= 0.6 is 0 Å². The lowest BCUT2D eigenvalue weighted by molar-refractivity contribution is 0.328. The van der Waals surface area contributed by atoms with E-state index in [2.05, 4.69) is 42.9 Å². The van der Waals surface area contributed by atoms with Crippen LogP contribution in [0.4, 0.5) is 10.2 Å². The van der Waals surface area contributed by atoms with Crippen molar-refractivity contribution < 1.29 is 4.39 Å². The summed E-state index contributed by atoms with van der Waals surface area (Å²) in [7, 11) is 3.86. The zero-order valence-electron chi connectivity index (χ0n) is 12.2. The third-order valence-electron chi connectivity index (χ3n) is 3.45. The second kappa shape index (κ2) is 5.65. The quantitative estimate of drug-likeness (QED) is 0.894. The Labute approximate surface area is 109 Å². The van der Waals surface area contributed by atoms with Gasteiger partial charge in [-0.05, 0) is 25.5 Å². The lowest BCUT2D eigenvalue weighted by Gasteiger charge is -2.37. The monoisotopic (exact) mass is 253 g/mol. The number of nitrogens with one attached hydrogen (secondary N) is 1. The zero-order chi connectivity index (χ0) is 13.9. The summed E-state index contributed by atoms with van der Waals surface area (Å²) in [4.78, 5) is 6.36. The fourth-order valence-corrected chi connectivity index (χ4v) is 1.88. The largest absolute Gasteiger partial charge is 0.356 e. The number of aromatic nitrogens is 1. The van der Waals surface area contributed by atoms with Crippen molar-refractivity contribution in [3.8, 4) is 0 Å². The highest BCUT2D eigenvalue weighted by Crippen LogP contribution is 2.28. The molecule has 1 rings (SSSR count). The Bertz CT molecular complexity index is 399. The smallest absolute Gasteiger partial charge is 0.141 e. The van der Waals surface area contributed by atoms with E-state index in [1.165, 1.54) is 6.20 Å². The molecule has 1 aromatic heterocycles. The molecule has 0 aliphatic rings. The summed E-state index contributed by atoms with van der Waals surface area (Å²) in [5.41, 5.74) is 1.03. The summed E-state index contributed by atoms with van der Waals surface area (Å²) in [5, 5.41) is 3.05. The van der Waals surface area contributed by atoms with Gasteiger partial charge in [-0.2, -0.15) is 0 Å². The number of hydrogen-bond acceptors (Lipinski definition) is 3. The van der Waals surface area contributed by atoms with Crippen molar-refractivity contribution in [2.24, 2.45) is 5.41 Å². The van der Waals surface area contributed by atoms with Gasteiger partial charge in [-0.3, -0.25) is 0 Å². The summed E-state index contributed by atoms with van der Waals surface area (Å²) in [5.74, 6) is 0.550. The Hall–Kier alpha value is -1.16. The first-order valence-corrected chi connectivity index (χ1v) is 6.29. The lowest BCUT2D eigenvalue weighted by Crippen LogP contribution is -2.40. The SMILES string of the molecule is CNCc1cc(F)cnc1N(C)C(C)C(C)(C)C. The van der Waals surface area contributed by atoms with E-state index in [0.717, 1.165) is 11.4 Å². The van der Waals surface area contributed by atoms with Crippen LogP contribution in [0.2, 0.25) is 0 Å². The minimum absolute atomic E-state index is 0.141. The molecule has 0 radical (unpaired) electrons. The molecule has 0 aliphatic carbocycles. The molecule has 1 atom stereocenters. The molecule has 1 N–H and O–H groups in total. The lowest BCUT2D eigenvalue weighted by atomic mass is 9.87. The highest BCUT2D eigenvalue weighted by Gasteiger charge is 2.26. The first-order valence-electron chi connectivity index (χ1n) is 6.29. The van der Waals surface area contributed by atoms with Gasteiger partial charge in [0.25, 0.3) is 0 Å². The molecule has 0 aromatic carbocycles. The molecule has 3 nitrogen and oxygen atoms in total. The summed E-state index contributed by atoms with van der Waals surface area (Å²) in [6, 6.07) is 1.86. The summed E-state index contributed by atoms with van der Waals surface area (Å²) in [6.45, 7) is 9.34. The summed E-state index contributed by atoms with van der Waals surface area (Å²) < 4.78 is 13.3. The molecule has 0 saturated carbocycles. The Balaban J connectivity index is 3.08. The van der Waals surface area contributed by atoms with Crippen LogP contribution in [-0.4, -0.2) is 25.1 Å². The van der Waals surface area contributed by atoms with Gasteiger partial charge >= 0.3 is 0 Å². The molecule has 102 valence electrons. The highest BCUT2D eigenvalue weighted by atomic mass is 19.1. The molecular weight excluding hydrogens is 229 g/mol. The number of nitrogens with zero attached hydrogens (tertiary/aromatic N) is 2. The van der Waals surface area contributed by atoms with E-state index in [0.29, 0.717) is 12.6 Å². The molecule has 0 amide bonds. The number of anilines is 1. The van der Waals surface area contributed by atoms with Crippen molar-refractivity contribution in [3.05, 3.63) is 23.6 Å². The molecule has 1 aromatic rings. The molecule has 0 saturated heterocycles. The van der Waals surface area contributed by atoms with E-state index in [1.54, 1.807) is 6.07 Å². The molecule has 0 fully saturated rings. The molecule has 4 heteroatoms. The van der Waals surface area contributed by atoms with Gasteiger partial charge < -0.3 is 10.2 Å². The predicted molar refractivity (Wildman–Crippen MR) is 74.3 cm³/mol. The van der Waals surface area contributed by atoms with E-state index >= 15 is 0 Å². The third kappa shape index (κ3) is 3.42. The van der Waals surface area contributed by atoms with Crippen LogP contribution in [0.5, 0.6) is 0 Å². The summed E-state index contributed by atoms with van der Waals surface area (Å²) in [6.07, 6.45) is 1.28. The Morgan fingerprint density at radius 1 is 1.44 bits per heavy atom. The van der Waals surface area contributed by atoms with Crippen LogP contribution < -0.4 is 10.2 Å². The fourth-order valence-electron chi connectivity index (χ4n) is 1.88.